The van der Waals surface area contributed by atoms with Crippen molar-refractivity contribution in [3.05, 3.63) is 29.6 Å². The van der Waals surface area contributed by atoms with Gasteiger partial charge < -0.3 is 19.1 Å². The van der Waals surface area contributed by atoms with Gasteiger partial charge in [0.2, 0.25) is 0 Å². The monoisotopic (exact) mass is 311 g/mol. The molecule has 1 fully saturated rings. The van der Waals surface area contributed by atoms with Crippen molar-refractivity contribution in [3.63, 3.8) is 0 Å². The summed E-state index contributed by atoms with van der Waals surface area (Å²) in [7, 11) is 3.05. The second-order valence-electron chi connectivity index (χ2n) is 5.99. The van der Waals surface area contributed by atoms with Gasteiger partial charge in [-0.05, 0) is 32.0 Å². The van der Waals surface area contributed by atoms with Crippen LogP contribution in [0.15, 0.2) is 18.2 Å². The Morgan fingerprint density at radius 1 is 1.45 bits per heavy atom. The van der Waals surface area contributed by atoms with E-state index in [1.54, 1.807) is 12.0 Å². The van der Waals surface area contributed by atoms with Crippen LogP contribution in [0, 0.1) is 5.82 Å². The maximum absolute atomic E-state index is 13.5. The molecule has 0 spiro atoms. The lowest BCUT2D eigenvalue weighted by atomic mass is 10.0. The molecule has 1 heterocycles. The predicted molar refractivity (Wildman–Crippen MR) is 79.7 cm³/mol. The molecule has 22 heavy (non-hydrogen) atoms. The lowest BCUT2D eigenvalue weighted by molar-refractivity contribution is -0.143. The van der Waals surface area contributed by atoms with E-state index in [2.05, 4.69) is 0 Å². The lowest BCUT2D eigenvalue weighted by Crippen LogP contribution is -2.55. The van der Waals surface area contributed by atoms with Crippen molar-refractivity contribution >= 4 is 5.91 Å². The first-order valence-corrected chi connectivity index (χ1v) is 7.16. The normalized spacial score (nSPS) is 20.8. The van der Waals surface area contributed by atoms with Crippen LogP contribution in [0.25, 0.3) is 0 Å². The Balaban J connectivity index is 2.26. The van der Waals surface area contributed by atoms with Gasteiger partial charge in [0.05, 0.1) is 31.0 Å². The molecule has 1 saturated heterocycles. The van der Waals surface area contributed by atoms with Crippen molar-refractivity contribution in [1.29, 1.82) is 0 Å². The number of ether oxygens (including phenoxy) is 3. The highest BCUT2D eigenvalue weighted by Gasteiger charge is 2.36. The maximum Gasteiger partial charge on any atom is 0.257 e. The first-order valence-electron chi connectivity index (χ1n) is 7.16. The van der Waals surface area contributed by atoms with Crippen molar-refractivity contribution in [2.75, 3.05) is 33.9 Å². The average molecular weight is 311 g/mol. The van der Waals surface area contributed by atoms with Gasteiger partial charge in [-0.25, -0.2) is 4.39 Å². The van der Waals surface area contributed by atoms with E-state index in [0.717, 1.165) is 0 Å². The molecule has 0 saturated carbocycles. The SMILES string of the molecule is COC[C@@H]1CN(C(=O)c2cc(F)ccc2OC)CC(C)(C)O1. The second kappa shape index (κ2) is 6.62. The standard InChI is InChI=1S/C16H22FNO4/c1-16(2)10-18(8-12(22-16)9-20-3)15(19)13-7-11(17)5-6-14(13)21-4/h5-7,12H,8-10H2,1-4H3/t12-/m0/s1. The summed E-state index contributed by atoms with van der Waals surface area (Å²) in [5.74, 6) is -0.377. The molecule has 1 aromatic carbocycles. The summed E-state index contributed by atoms with van der Waals surface area (Å²) >= 11 is 0. The van der Waals surface area contributed by atoms with Crippen LogP contribution in [-0.2, 0) is 9.47 Å². The molecule has 0 radical (unpaired) electrons. The number of amides is 1. The summed E-state index contributed by atoms with van der Waals surface area (Å²) in [5, 5.41) is 0. The van der Waals surface area contributed by atoms with Gasteiger partial charge in [0.1, 0.15) is 11.6 Å². The maximum atomic E-state index is 13.5. The van der Waals surface area contributed by atoms with Gasteiger partial charge in [-0.3, -0.25) is 4.79 Å². The average Bonchev–Trinajstić information content (AvgIpc) is 2.45. The van der Waals surface area contributed by atoms with Gasteiger partial charge in [-0.15, -0.1) is 0 Å². The topological polar surface area (TPSA) is 48.0 Å². The fourth-order valence-corrected chi connectivity index (χ4v) is 2.74. The first kappa shape index (κ1) is 16.7. The zero-order valence-corrected chi connectivity index (χ0v) is 13.4. The van der Waals surface area contributed by atoms with Crippen LogP contribution in [0.3, 0.4) is 0 Å². The molecule has 0 N–H and O–H groups in total. The minimum atomic E-state index is -0.488. The minimum Gasteiger partial charge on any atom is -0.496 e. The highest BCUT2D eigenvalue weighted by atomic mass is 19.1. The third-order valence-electron chi connectivity index (χ3n) is 3.51. The summed E-state index contributed by atoms with van der Waals surface area (Å²) in [6.07, 6.45) is -0.211. The minimum absolute atomic E-state index is 0.211. The number of rotatable bonds is 4. The number of hydrogen-bond acceptors (Lipinski definition) is 4. The molecular weight excluding hydrogens is 289 g/mol. The van der Waals surface area contributed by atoms with E-state index in [0.29, 0.717) is 25.4 Å². The Kier molecular flexibility index (Phi) is 5.03. The van der Waals surface area contributed by atoms with Crippen LogP contribution in [-0.4, -0.2) is 56.4 Å². The van der Waals surface area contributed by atoms with E-state index in [-0.39, 0.29) is 17.6 Å². The van der Waals surface area contributed by atoms with Gasteiger partial charge in [0.25, 0.3) is 5.91 Å². The molecule has 0 aliphatic carbocycles. The Labute approximate surface area is 130 Å². The Hall–Kier alpha value is -1.66. The number of hydrogen-bond donors (Lipinski definition) is 0. The number of methoxy groups -OCH3 is 2. The highest BCUT2D eigenvalue weighted by Crippen LogP contribution is 2.26. The summed E-state index contributed by atoms with van der Waals surface area (Å²) < 4.78 is 29.7. The number of nitrogens with zero attached hydrogens (tertiary/aromatic N) is 1. The zero-order valence-electron chi connectivity index (χ0n) is 13.4. The summed E-state index contributed by atoms with van der Waals surface area (Å²) in [6.45, 7) is 5.05. The number of carbonyl (C=O) groups is 1. The molecule has 0 bridgehead atoms. The Morgan fingerprint density at radius 3 is 2.82 bits per heavy atom. The van der Waals surface area contributed by atoms with Crippen molar-refractivity contribution < 1.29 is 23.4 Å². The van der Waals surface area contributed by atoms with Crippen LogP contribution in [0.2, 0.25) is 0 Å². The second-order valence-corrected chi connectivity index (χ2v) is 5.99. The van der Waals surface area contributed by atoms with Crippen molar-refractivity contribution in [2.24, 2.45) is 0 Å². The molecule has 1 amide bonds. The molecular formula is C16H22FNO4. The van der Waals surface area contributed by atoms with Gasteiger partial charge in [-0.1, -0.05) is 0 Å². The van der Waals surface area contributed by atoms with E-state index in [1.165, 1.54) is 25.3 Å². The molecule has 1 aromatic rings. The van der Waals surface area contributed by atoms with E-state index in [9.17, 15) is 9.18 Å². The number of carbonyl (C=O) groups excluding carboxylic acids is 1. The van der Waals surface area contributed by atoms with Gasteiger partial charge in [0.15, 0.2) is 0 Å². The van der Waals surface area contributed by atoms with Crippen molar-refractivity contribution in [3.8, 4) is 5.75 Å². The Bertz CT molecular complexity index is 547. The Morgan fingerprint density at radius 2 is 2.18 bits per heavy atom. The van der Waals surface area contributed by atoms with E-state index in [4.69, 9.17) is 14.2 Å². The zero-order chi connectivity index (χ0) is 16.3. The summed E-state index contributed by atoms with van der Waals surface area (Å²) in [5.41, 5.74) is -0.270. The predicted octanol–water partition coefficient (Wildman–Crippen LogP) is 2.10. The summed E-state index contributed by atoms with van der Waals surface area (Å²) in [6, 6.07) is 3.93. The summed E-state index contributed by atoms with van der Waals surface area (Å²) in [4.78, 5) is 14.4. The largest absolute Gasteiger partial charge is 0.496 e. The molecule has 122 valence electrons. The van der Waals surface area contributed by atoms with Crippen LogP contribution >= 0.6 is 0 Å². The van der Waals surface area contributed by atoms with Gasteiger partial charge >= 0.3 is 0 Å². The van der Waals surface area contributed by atoms with Gasteiger partial charge in [-0.2, -0.15) is 0 Å². The molecule has 1 aliphatic rings. The van der Waals surface area contributed by atoms with Crippen LogP contribution in [0.5, 0.6) is 5.75 Å². The number of benzene rings is 1. The molecule has 1 atom stereocenters. The molecule has 2 rings (SSSR count). The van der Waals surface area contributed by atoms with Crippen molar-refractivity contribution in [1.82, 2.24) is 4.90 Å². The van der Waals surface area contributed by atoms with E-state index < -0.39 is 11.4 Å². The van der Waals surface area contributed by atoms with E-state index in [1.807, 2.05) is 13.8 Å². The fourth-order valence-electron chi connectivity index (χ4n) is 2.74. The number of morpholine rings is 1. The molecule has 1 aliphatic heterocycles. The lowest BCUT2D eigenvalue weighted by Gasteiger charge is -2.42. The van der Waals surface area contributed by atoms with Crippen LogP contribution in [0.1, 0.15) is 24.2 Å². The molecule has 5 nitrogen and oxygen atoms in total. The van der Waals surface area contributed by atoms with Crippen molar-refractivity contribution in [2.45, 2.75) is 25.6 Å². The molecule has 0 aromatic heterocycles. The quantitative estimate of drug-likeness (QED) is 0.854. The van der Waals surface area contributed by atoms with E-state index >= 15 is 0 Å². The highest BCUT2D eigenvalue weighted by molar-refractivity contribution is 5.97. The molecule has 0 unspecified atom stereocenters. The van der Waals surface area contributed by atoms with Crippen LogP contribution in [0.4, 0.5) is 4.39 Å². The number of halogens is 1. The third-order valence-corrected chi connectivity index (χ3v) is 3.51. The smallest absolute Gasteiger partial charge is 0.257 e. The first-order chi connectivity index (χ1) is 10.4. The third kappa shape index (κ3) is 3.75. The van der Waals surface area contributed by atoms with Gasteiger partial charge in [0, 0.05) is 20.2 Å². The molecule has 6 heteroatoms. The fraction of sp³-hybridized carbons (Fsp3) is 0.562. The van der Waals surface area contributed by atoms with Crippen LogP contribution < -0.4 is 4.74 Å².